The lowest BCUT2D eigenvalue weighted by Crippen LogP contribution is -1.71. The molecule has 18 heavy (non-hydrogen) atoms. The van der Waals surface area contributed by atoms with E-state index in [-0.39, 0.29) is 0 Å². The molecule has 4 aromatic rings. The van der Waals surface area contributed by atoms with Crippen LogP contribution in [0.25, 0.3) is 29.7 Å². The summed E-state index contributed by atoms with van der Waals surface area (Å²) in [5.74, 6) is 0. The Hall–Kier alpha value is -1.08. The van der Waals surface area contributed by atoms with Crippen LogP contribution in [0.15, 0.2) is 35.0 Å². The minimum Gasteiger partial charge on any atom is -0.144 e. The highest BCUT2D eigenvalue weighted by Crippen LogP contribution is 2.47. The molecular formula is C12H6N2S4. The topological polar surface area (TPSA) is 25.8 Å². The zero-order valence-electron chi connectivity index (χ0n) is 8.99. The molecule has 4 aromatic heterocycles. The summed E-state index contributed by atoms with van der Waals surface area (Å²) in [7, 11) is 0. The van der Waals surface area contributed by atoms with Gasteiger partial charge in [-0.3, -0.25) is 0 Å². The van der Waals surface area contributed by atoms with Gasteiger partial charge in [0.15, 0.2) is 4.83 Å². The molecule has 0 amide bonds. The van der Waals surface area contributed by atoms with Gasteiger partial charge in [-0.25, -0.2) is 0 Å². The van der Waals surface area contributed by atoms with Crippen LogP contribution < -0.4 is 0 Å². The van der Waals surface area contributed by atoms with Crippen molar-refractivity contribution in [3.8, 4) is 20.2 Å². The van der Waals surface area contributed by atoms with Crippen molar-refractivity contribution < 1.29 is 0 Å². The van der Waals surface area contributed by atoms with Crippen LogP contribution in [0.3, 0.4) is 0 Å². The molecule has 4 rings (SSSR count). The van der Waals surface area contributed by atoms with E-state index in [9.17, 15) is 0 Å². The summed E-state index contributed by atoms with van der Waals surface area (Å²) in [6, 6.07) is 8.53. The Bertz CT molecular complexity index is 778. The molecule has 0 unspecified atom stereocenters. The van der Waals surface area contributed by atoms with Crippen molar-refractivity contribution in [1.29, 1.82) is 0 Å². The lowest BCUT2D eigenvalue weighted by molar-refractivity contribution is 1.21. The molecule has 4 heterocycles. The van der Waals surface area contributed by atoms with Gasteiger partial charge >= 0.3 is 0 Å². The molecule has 0 radical (unpaired) electrons. The van der Waals surface area contributed by atoms with Crippen molar-refractivity contribution in [2.45, 2.75) is 0 Å². The van der Waals surface area contributed by atoms with E-state index < -0.39 is 0 Å². The largest absolute Gasteiger partial charge is 0.160 e. The van der Waals surface area contributed by atoms with Crippen molar-refractivity contribution >= 4 is 55.1 Å². The van der Waals surface area contributed by atoms with Crippen LogP contribution in [-0.2, 0) is 0 Å². The average molecular weight is 306 g/mol. The average Bonchev–Trinajstić information content (AvgIpc) is 3.13. The van der Waals surface area contributed by atoms with Gasteiger partial charge in [0.2, 0.25) is 0 Å². The number of aromatic nitrogens is 2. The smallest absolute Gasteiger partial charge is 0.144 e. The number of rotatable bonds is 2. The fourth-order valence-corrected chi connectivity index (χ4v) is 5.66. The molecule has 0 atom stereocenters. The zero-order chi connectivity index (χ0) is 11.9. The van der Waals surface area contributed by atoms with E-state index in [1.807, 2.05) is 0 Å². The van der Waals surface area contributed by atoms with Crippen molar-refractivity contribution in [2.75, 3.05) is 0 Å². The summed E-state index contributed by atoms with van der Waals surface area (Å²) in [5.41, 5.74) is 1.31. The Morgan fingerprint density at radius 2 is 1.72 bits per heavy atom. The van der Waals surface area contributed by atoms with Crippen LogP contribution in [0.5, 0.6) is 0 Å². The molecule has 0 bridgehead atoms. The van der Waals surface area contributed by atoms with Crippen LogP contribution in [0.4, 0.5) is 0 Å². The Labute approximate surface area is 119 Å². The summed E-state index contributed by atoms with van der Waals surface area (Å²) in [4.78, 5) is 4.99. The number of nitrogens with zero attached hydrogens (tertiary/aromatic N) is 2. The van der Waals surface area contributed by atoms with E-state index in [0.29, 0.717) is 0 Å². The molecule has 0 aliphatic carbocycles. The highest BCUT2D eigenvalue weighted by Gasteiger charge is 2.19. The molecular weight excluding hydrogens is 300 g/mol. The molecule has 88 valence electrons. The molecule has 0 N–H and O–H groups in total. The maximum atomic E-state index is 4.22. The van der Waals surface area contributed by atoms with E-state index in [1.165, 1.54) is 36.4 Å². The quantitative estimate of drug-likeness (QED) is 0.508. The standard InChI is InChI=1S/C12H6N2S4/c1-3-7(15-5-1)9-10(8-4-2-6-16-8)17-12-11(9)18-14-13-12/h1-6H. The second kappa shape index (κ2) is 4.24. The normalized spacial score (nSPS) is 11.3. The Morgan fingerprint density at radius 3 is 2.44 bits per heavy atom. The third-order valence-corrected chi connectivity index (χ3v) is 6.51. The maximum absolute atomic E-state index is 4.22. The predicted octanol–water partition coefficient (Wildman–Crippen LogP) is 5.21. The van der Waals surface area contributed by atoms with Crippen molar-refractivity contribution in [3.63, 3.8) is 0 Å². The summed E-state index contributed by atoms with van der Waals surface area (Å²) >= 11 is 6.78. The maximum Gasteiger partial charge on any atom is 0.160 e. The fraction of sp³-hybridized carbons (Fsp3) is 0. The Morgan fingerprint density at radius 1 is 0.944 bits per heavy atom. The first-order valence-corrected chi connectivity index (χ1v) is 8.61. The van der Waals surface area contributed by atoms with E-state index >= 15 is 0 Å². The lowest BCUT2D eigenvalue weighted by atomic mass is 10.2. The van der Waals surface area contributed by atoms with Gasteiger partial charge < -0.3 is 0 Å². The molecule has 6 heteroatoms. The van der Waals surface area contributed by atoms with E-state index in [0.717, 1.165) is 4.83 Å². The predicted molar refractivity (Wildman–Crippen MR) is 81.9 cm³/mol. The Kier molecular flexibility index (Phi) is 2.54. The minimum absolute atomic E-state index is 1.05. The van der Waals surface area contributed by atoms with Crippen LogP contribution >= 0.6 is 45.5 Å². The SMILES string of the molecule is c1csc(-c2sc3nnsc3c2-c2cccs2)c1. The molecule has 0 saturated carbocycles. The van der Waals surface area contributed by atoms with Crippen molar-refractivity contribution in [1.82, 2.24) is 9.59 Å². The van der Waals surface area contributed by atoms with Crippen LogP contribution in [0, 0.1) is 0 Å². The second-order valence-electron chi connectivity index (χ2n) is 3.67. The molecule has 0 spiro atoms. The van der Waals surface area contributed by atoms with Gasteiger partial charge in [0.25, 0.3) is 0 Å². The molecule has 0 aliphatic rings. The first-order chi connectivity index (χ1) is 8.93. The van der Waals surface area contributed by atoms with Gasteiger partial charge in [0.05, 0.1) is 9.58 Å². The number of fused-ring (bicyclic) bond motifs is 1. The van der Waals surface area contributed by atoms with Gasteiger partial charge in [-0.2, -0.15) is 0 Å². The molecule has 0 fully saturated rings. The van der Waals surface area contributed by atoms with Crippen LogP contribution in [-0.4, -0.2) is 9.59 Å². The highest BCUT2D eigenvalue weighted by atomic mass is 32.1. The molecule has 0 saturated heterocycles. The van der Waals surface area contributed by atoms with E-state index in [1.54, 1.807) is 34.0 Å². The second-order valence-corrected chi connectivity index (χ2v) is 7.32. The number of hydrogen-bond acceptors (Lipinski definition) is 6. The van der Waals surface area contributed by atoms with E-state index in [4.69, 9.17) is 0 Å². The van der Waals surface area contributed by atoms with Gasteiger partial charge in [-0.15, -0.1) is 39.1 Å². The third kappa shape index (κ3) is 1.57. The van der Waals surface area contributed by atoms with Crippen LogP contribution in [0.1, 0.15) is 0 Å². The van der Waals surface area contributed by atoms with Gasteiger partial charge in [0, 0.05) is 15.3 Å². The summed E-state index contributed by atoms with van der Waals surface area (Å²) < 4.78 is 5.28. The zero-order valence-corrected chi connectivity index (χ0v) is 12.3. The van der Waals surface area contributed by atoms with Gasteiger partial charge in [-0.1, -0.05) is 16.6 Å². The molecule has 0 aliphatic heterocycles. The molecule has 2 nitrogen and oxygen atoms in total. The number of thiophene rings is 3. The first kappa shape index (κ1) is 10.8. The van der Waals surface area contributed by atoms with Gasteiger partial charge in [-0.05, 0) is 34.4 Å². The fourth-order valence-electron chi connectivity index (χ4n) is 1.88. The van der Waals surface area contributed by atoms with Crippen molar-refractivity contribution in [2.24, 2.45) is 0 Å². The third-order valence-electron chi connectivity index (χ3n) is 2.62. The van der Waals surface area contributed by atoms with E-state index in [2.05, 4.69) is 44.6 Å². The lowest BCUT2D eigenvalue weighted by Gasteiger charge is -1.98. The summed E-state index contributed by atoms with van der Waals surface area (Å²) in [6.07, 6.45) is 0. The van der Waals surface area contributed by atoms with Crippen molar-refractivity contribution in [3.05, 3.63) is 35.0 Å². The van der Waals surface area contributed by atoms with Gasteiger partial charge in [0.1, 0.15) is 0 Å². The van der Waals surface area contributed by atoms with Crippen LogP contribution in [0.2, 0.25) is 0 Å². The minimum atomic E-state index is 1.05. The summed E-state index contributed by atoms with van der Waals surface area (Å²) in [5, 5.41) is 8.45. The first-order valence-electron chi connectivity index (χ1n) is 5.26. The monoisotopic (exact) mass is 306 g/mol. The molecule has 0 aromatic carbocycles. The summed E-state index contributed by atoms with van der Waals surface area (Å²) in [6.45, 7) is 0. The Balaban J connectivity index is 2.08. The highest BCUT2D eigenvalue weighted by molar-refractivity contribution is 7.30. The number of hydrogen-bond donors (Lipinski definition) is 0.